The first-order valence-corrected chi connectivity index (χ1v) is 11.1. The second kappa shape index (κ2) is 11.6. The molecule has 1 aromatic carbocycles. The lowest BCUT2D eigenvalue weighted by Gasteiger charge is -2.21. The molecule has 0 saturated carbocycles. The number of amides is 1. The van der Waals surface area contributed by atoms with Crippen LogP contribution in [0.15, 0.2) is 16.7 Å². The maximum Gasteiger partial charge on any atom is 0.261 e. The van der Waals surface area contributed by atoms with Gasteiger partial charge in [0.25, 0.3) is 10.1 Å². The van der Waals surface area contributed by atoms with Gasteiger partial charge >= 0.3 is 0 Å². The largest absolute Gasteiger partial charge is 0.494 e. The summed E-state index contributed by atoms with van der Waals surface area (Å²) in [6.45, 7) is 8.72. The van der Waals surface area contributed by atoms with Crippen LogP contribution >= 0.6 is 0 Å². The molecule has 2 aromatic rings. The third-order valence-electron chi connectivity index (χ3n) is 4.03. The van der Waals surface area contributed by atoms with Crippen LogP contribution in [0.2, 0.25) is 0 Å². The van der Waals surface area contributed by atoms with Crippen LogP contribution < -0.4 is 19.5 Å². The molecule has 2 N–H and O–H groups in total. The predicted molar refractivity (Wildman–Crippen MR) is 114 cm³/mol. The van der Waals surface area contributed by atoms with Crippen LogP contribution in [0.4, 0.5) is 5.69 Å². The van der Waals surface area contributed by atoms with Gasteiger partial charge in [0.05, 0.1) is 32.1 Å². The molecule has 0 radical (unpaired) electrons. The number of benzene rings is 1. The molecule has 0 fully saturated rings. The lowest BCUT2D eigenvalue weighted by molar-refractivity contribution is -0.114. The Labute approximate surface area is 176 Å². The molecule has 1 aromatic heterocycles. The first-order chi connectivity index (χ1) is 14.1. The topological polar surface area (TPSA) is 128 Å². The van der Waals surface area contributed by atoms with Gasteiger partial charge in [0, 0.05) is 13.5 Å². The van der Waals surface area contributed by atoms with E-state index in [4.69, 9.17) is 23.2 Å². The average molecular weight is 447 g/mol. The Morgan fingerprint density at radius 1 is 1.17 bits per heavy atom. The number of anilines is 1. The number of likely N-dealkylation sites (N-methyl/N-ethyl adjacent to an activating group) is 1. The zero-order chi connectivity index (χ0) is 22.9. The molecule has 0 spiro atoms. The second-order valence-corrected chi connectivity index (χ2v) is 7.69. The quantitative estimate of drug-likeness (QED) is 0.559. The summed E-state index contributed by atoms with van der Waals surface area (Å²) in [4.78, 5) is 13.9. The van der Waals surface area contributed by atoms with E-state index in [-0.39, 0.29) is 5.91 Å². The van der Waals surface area contributed by atoms with Crippen LogP contribution in [0, 0.1) is 0 Å². The highest BCUT2D eigenvalue weighted by Crippen LogP contribution is 2.49. The number of carbonyl (C=O) groups excluding carboxylic acids is 1. The Balaban J connectivity index is 0.000000804. The van der Waals surface area contributed by atoms with E-state index in [1.165, 1.54) is 6.92 Å². The number of nitrogens with zero attached hydrogens (tertiary/aromatic N) is 1. The van der Waals surface area contributed by atoms with Gasteiger partial charge in [0.1, 0.15) is 12.3 Å². The summed E-state index contributed by atoms with van der Waals surface area (Å²) in [5.41, 5.74) is 0.964. The fourth-order valence-electron chi connectivity index (χ4n) is 2.76. The zero-order valence-electron chi connectivity index (χ0n) is 18.1. The lowest BCUT2D eigenvalue weighted by atomic mass is 10.1. The van der Waals surface area contributed by atoms with E-state index in [0.29, 0.717) is 46.8 Å². The minimum absolute atomic E-state index is 0.225. The highest BCUT2D eigenvalue weighted by Gasteiger charge is 2.25. The lowest BCUT2D eigenvalue weighted by Crippen LogP contribution is -2.28. The van der Waals surface area contributed by atoms with Gasteiger partial charge in [-0.1, -0.05) is 13.8 Å². The van der Waals surface area contributed by atoms with Gasteiger partial charge < -0.3 is 28.8 Å². The van der Waals surface area contributed by atoms with Crippen LogP contribution in [0.3, 0.4) is 0 Å². The fraction of sp³-hybridized carbons (Fsp3) is 0.526. The molecule has 0 aliphatic rings. The number of hydrogen-bond acceptors (Lipinski definition) is 8. The van der Waals surface area contributed by atoms with Gasteiger partial charge in [-0.25, -0.2) is 0 Å². The van der Waals surface area contributed by atoms with Crippen molar-refractivity contribution in [3.8, 4) is 17.2 Å². The number of fused-ring (bicyclic) bond motifs is 1. The maximum absolute atomic E-state index is 11.7. The first kappa shape index (κ1) is 25.5. The monoisotopic (exact) mass is 446 g/mol. The highest BCUT2D eigenvalue weighted by molar-refractivity contribution is 7.85. The van der Waals surface area contributed by atoms with E-state index in [9.17, 15) is 13.2 Å². The number of methoxy groups -OCH3 is 2. The standard InChI is InChI=1S/C18H26N2O5.CH4O3S/c1-6-20(7-2)9-11-25-17-14(19-12(3)21)15(22-4)13-8-10-24-16(13)18(17)23-5;1-5(2,3)4/h8,10H,6-7,9,11H2,1-5H3,(H,19,21);1H3,(H,2,3,4). The third kappa shape index (κ3) is 7.39. The van der Waals surface area contributed by atoms with E-state index in [1.807, 2.05) is 0 Å². The molecular formula is C19H30N2O8S. The first-order valence-electron chi connectivity index (χ1n) is 9.27. The second-order valence-electron chi connectivity index (χ2n) is 6.22. The number of nitrogens with one attached hydrogen (secondary N) is 1. The van der Waals surface area contributed by atoms with Crippen molar-refractivity contribution in [2.75, 3.05) is 52.0 Å². The normalized spacial score (nSPS) is 11.1. The van der Waals surface area contributed by atoms with Gasteiger partial charge in [-0.2, -0.15) is 8.42 Å². The van der Waals surface area contributed by atoms with Crippen molar-refractivity contribution >= 4 is 32.7 Å². The highest BCUT2D eigenvalue weighted by atomic mass is 32.2. The van der Waals surface area contributed by atoms with Crippen molar-refractivity contribution in [2.24, 2.45) is 0 Å². The Bertz CT molecular complexity index is 928. The SMILES string of the molecule is CCN(CC)CCOc1c(NC(C)=O)c(OC)c2ccoc2c1OC.CS(=O)(=O)O. The Morgan fingerprint density at radius 3 is 2.20 bits per heavy atom. The summed E-state index contributed by atoms with van der Waals surface area (Å²) in [5, 5.41) is 3.50. The van der Waals surface area contributed by atoms with Crippen molar-refractivity contribution < 1.29 is 36.4 Å². The number of carbonyl (C=O) groups is 1. The Kier molecular flexibility index (Phi) is 9.90. The fourth-order valence-corrected chi connectivity index (χ4v) is 2.76. The Hall–Kier alpha value is -2.50. The Morgan fingerprint density at radius 2 is 1.73 bits per heavy atom. The molecule has 2 rings (SSSR count). The van der Waals surface area contributed by atoms with E-state index in [0.717, 1.165) is 19.6 Å². The van der Waals surface area contributed by atoms with Gasteiger partial charge in [0.2, 0.25) is 11.7 Å². The van der Waals surface area contributed by atoms with Gasteiger partial charge in [0.15, 0.2) is 17.1 Å². The molecular weight excluding hydrogens is 416 g/mol. The summed E-state index contributed by atoms with van der Waals surface area (Å²) in [6.07, 6.45) is 2.26. The van der Waals surface area contributed by atoms with Gasteiger partial charge in [-0.3, -0.25) is 9.35 Å². The number of rotatable bonds is 9. The van der Waals surface area contributed by atoms with Gasteiger partial charge in [-0.15, -0.1) is 0 Å². The van der Waals surface area contributed by atoms with Crippen molar-refractivity contribution in [1.29, 1.82) is 0 Å². The molecule has 11 heteroatoms. The van der Waals surface area contributed by atoms with Gasteiger partial charge in [-0.05, 0) is 19.2 Å². The average Bonchev–Trinajstić information content (AvgIpc) is 3.12. The molecule has 30 heavy (non-hydrogen) atoms. The van der Waals surface area contributed by atoms with Crippen LogP contribution in [0.5, 0.6) is 17.2 Å². The third-order valence-corrected chi connectivity index (χ3v) is 4.03. The molecule has 170 valence electrons. The number of ether oxygens (including phenoxy) is 3. The summed E-state index contributed by atoms with van der Waals surface area (Å²) in [6, 6.07) is 1.77. The van der Waals surface area contributed by atoms with E-state index >= 15 is 0 Å². The van der Waals surface area contributed by atoms with Crippen molar-refractivity contribution in [3.05, 3.63) is 12.3 Å². The van der Waals surface area contributed by atoms with Crippen molar-refractivity contribution in [2.45, 2.75) is 20.8 Å². The molecule has 1 heterocycles. The van der Waals surface area contributed by atoms with Crippen molar-refractivity contribution in [3.63, 3.8) is 0 Å². The predicted octanol–water partition coefficient (Wildman–Crippen LogP) is 2.63. The smallest absolute Gasteiger partial charge is 0.261 e. The molecule has 0 saturated heterocycles. The summed E-state index contributed by atoms with van der Waals surface area (Å²) < 4.78 is 48.4. The molecule has 0 aliphatic heterocycles. The summed E-state index contributed by atoms with van der Waals surface area (Å²) >= 11 is 0. The minimum Gasteiger partial charge on any atom is -0.494 e. The summed E-state index contributed by atoms with van der Waals surface area (Å²) in [7, 11) is -0.586. The minimum atomic E-state index is -3.67. The van der Waals surface area contributed by atoms with E-state index in [1.54, 1.807) is 26.5 Å². The molecule has 0 aliphatic carbocycles. The molecule has 0 atom stereocenters. The maximum atomic E-state index is 11.7. The van der Waals surface area contributed by atoms with Crippen LogP contribution in [-0.4, -0.2) is 70.5 Å². The van der Waals surface area contributed by atoms with Crippen LogP contribution in [0.1, 0.15) is 20.8 Å². The summed E-state index contributed by atoms with van der Waals surface area (Å²) in [5.74, 6) is 1.10. The zero-order valence-corrected chi connectivity index (χ0v) is 19.0. The number of hydrogen-bond donors (Lipinski definition) is 2. The van der Waals surface area contributed by atoms with E-state index in [2.05, 4.69) is 24.1 Å². The van der Waals surface area contributed by atoms with Crippen molar-refractivity contribution in [1.82, 2.24) is 4.90 Å². The molecule has 10 nitrogen and oxygen atoms in total. The molecule has 0 bridgehead atoms. The van der Waals surface area contributed by atoms with Crippen LogP contribution in [0.25, 0.3) is 11.0 Å². The molecule has 1 amide bonds. The van der Waals surface area contributed by atoms with E-state index < -0.39 is 10.1 Å². The van der Waals surface area contributed by atoms with Crippen LogP contribution in [-0.2, 0) is 14.9 Å². The number of furan rings is 1. The molecule has 0 unspecified atom stereocenters.